The molecular formula is C26H42N6O7. The fourth-order valence-corrected chi connectivity index (χ4v) is 3.71. The molecule has 0 aliphatic heterocycles. The van der Waals surface area contributed by atoms with Crippen molar-refractivity contribution in [1.29, 1.82) is 0 Å². The number of carbonyl (C=O) groups is 5. The van der Waals surface area contributed by atoms with Gasteiger partial charge in [0.15, 0.2) is 0 Å². The minimum atomic E-state index is -1.39. The molecule has 0 bridgehead atoms. The van der Waals surface area contributed by atoms with Gasteiger partial charge in [0, 0.05) is 12.8 Å². The minimum absolute atomic E-state index is 0.0311. The number of aromatic hydroxyl groups is 1. The molecule has 0 aliphatic carbocycles. The number of nitrogens with two attached hydrogens (primary N) is 3. The van der Waals surface area contributed by atoms with Gasteiger partial charge >= 0.3 is 5.97 Å². The normalized spacial score (nSPS) is 14.8. The molecule has 0 aliphatic rings. The van der Waals surface area contributed by atoms with Crippen molar-refractivity contribution in [2.45, 2.75) is 83.0 Å². The van der Waals surface area contributed by atoms with Crippen LogP contribution < -0.4 is 33.2 Å². The Morgan fingerprint density at radius 1 is 0.872 bits per heavy atom. The van der Waals surface area contributed by atoms with E-state index in [0.29, 0.717) is 31.4 Å². The summed E-state index contributed by atoms with van der Waals surface area (Å²) in [6, 6.07) is 1.57. The van der Waals surface area contributed by atoms with Gasteiger partial charge in [-0.1, -0.05) is 32.4 Å². The number of carbonyl (C=O) groups excluding carboxylic acids is 4. The number of rotatable bonds is 18. The van der Waals surface area contributed by atoms with E-state index in [2.05, 4.69) is 16.0 Å². The standard InChI is InChI=1S/C26H42N6O7/c1-3-15(2)22(29)25(37)32-20(14-16-7-9-17(33)10-8-16)24(36)30-18(6-4-5-13-27)23(35)31-19(26(38)39)11-12-21(28)34/h7-10,15,18-20,22,33H,3-6,11-14,27,29H2,1-2H3,(H2,28,34)(H,30,36)(H,31,35)(H,32,37)(H,38,39). The Bertz CT molecular complexity index is 972. The molecule has 0 aromatic heterocycles. The highest BCUT2D eigenvalue weighted by atomic mass is 16.4. The van der Waals surface area contributed by atoms with Crippen LogP contribution in [0.3, 0.4) is 0 Å². The van der Waals surface area contributed by atoms with Gasteiger partial charge in [-0.2, -0.15) is 0 Å². The molecule has 39 heavy (non-hydrogen) atoms. The van der Waals surface area contributed by atoms with Crippen molar-refractivity contribution in [3.8, 4) is 5.75 Å². The van der Waals surface area contributed by atoms with Crippen LogP contribution in [0.2, 0.25) is 0 Å². The van der Waals surface area contributed by atoms with Gasteiger partial charge in [0.05, 0.1) is 6.04 Å². The summed E-state index contributed by atoms with van der Waals surface area (Å²) in [6.07, 6.45) is 1.39. The number of unbranched alkanes of at least 4 members (excludes halogenated alkanes) is 1. The molecule has 0 saturated heterocycles. The smallest absolute Gasteiger partial charge is 0.326 e. The molecule has 5 atom stereocenters. The van der Waals surface area contributed by atoms with Crippen LogP contribution in [0.5, 0.6) is 5.75 Å². The van der Waals surface area contributed by atoms with E-state index in [9.17, 15) is 34.2 Å². The summed E-state index contributed by atoms with van der Waals surface area (Å²) in [5, 5.41) is 26.7. The Labute approximate surface area is 228 Å². The molecule has 0 spiro atoms. The number of aliphatic carboxylic acids is 1. The monoisotopic (exact) mass is 550 g/mol. The average Bonchev–Trinajstić information content (AvgIpc) is 2.89. The van der Waals surface area contributed by atoms with Crippen molar-refractivity contribution in [3.05, 3.63) is 29.8 Å². The fourth-order valence-electron chi connectivity index (χ4n) is 3.71. The van der Waals surface area contributed by atoms with Gasteiger partial charge in [0.25, 0.3) is 0 Å². The first-order valence-electron chi connectivity index (χ1n) is 13.0. The highest BCUT2D eigenvalue weighted by molar-refractivity contribution is 5.94. The van der Waals surface area contributed by atoms with Crippen molar-refractivity contribution in [2.24, 2.45) is 23.1 Å². The van der Waals surface area contributed by atoms with Gasteiger partial charge < -0.3 is 43.4 Å². The first kappa shape index (κ1) is 33.3. The number of nitrogens with one attached hydrogen (secondary N) is 3. The third-order valence-corrected chi connectivity index (χ3v) is 6.44. The lowest BCUT2D eigenvalue weighted by atomic mass is 9.98. The van der Waals surface area contributed by atoms with E-state index < -0.39 is 53.8 Å². The predicted octanol–water partition coefficient (Wildman–Crippen LogP) is -0.758. The van der Waals surface area contributed by atoms with E-state index in [4.69, 9.17) is 17.2 Å². The molecular weight excluding hydrogens is 508 g/mol. The van der Waals surface area contributed by atoms with Crippen LogP contribution in [0.15, 0.2) is 24.3 Å². The van der Waals surface area contributed by atoms with Gasteiger partial charge in [0.2, 0.25) is 23.6 Å². The number of hydrogen-bond donors (Lipinski definition) is 8. The molecule has 4 amide bonds. The molecule has 13 nitrogen and oxygen atoms in total. The van der Waals surface area contributed by atoms with Crippen LogP contribution in [-0.2, 0) is 30.4 Å². The van der Waals surface area contributed by atoms with Gasteiger partial charge in [-0.05, 0) is 55.8 Å². The number of primary amides is 1. The molecule has 0 saturated carbocycles. The van der Waals surface area contributed by atoms with E-state index in [0.717, 1.165) is 0 Å². The highest BCUT2D eigenvalue weighted by Gasteiger charge is 2.31. The lowest BCUT2D eigenvalue weighted by Gasteiger charge is -2.26. The molecule has 11 N–H and O–H groups in total. The zero-order valence-corrected chi connectivity index (χ0v) is 22.5. The Morgan fingerprint density at radius 3 is 1.97 bits per heavy atom. The molecule has 13 heteroatoms. The lowest BCUT2D eigenvalue weighted by Crippen LogP contribution is -2.58. The zero-order chi connectivity index (χ0) is 29.5. The molecule has 0 radical (unpaired) electrons. The first-order chi connectivity index (χ1) is 18.4. The molecule has 5 unspecified atom stereocenters. The van der Waals surface area contributed by atoms with Crippen molar-refractivity contribution in [1.82, 2.24) is 16.0 Å². The average molecular weight is 551 g/mol. The second kappa shape index (κ2) is 17.0. The molecule has 218 valence electrons. The minimum Gasteiger partial charge on any atom is -0.508 e. The maximum Gasteiger partial charge on any atom is 0.326 e. The number of carboxylic acids is 1. The quantitative estimate of drug-likeness (QED) is 0.107. The van der Waals surface area contributed by atoms with Crippen LogP contribution in [0, 0.1) is 5.92 Å². The largest absolute Gasteiger partial charge is 0.508 e. The highest BCUT2D eigenvalue weighted by Crippen LogP contribution is 2.13. The van der Waals surface area contributed by atoms with Crippen molar-refractivity contribution in [3.63, 3.8) is 0 Å². The van der Waals surface area contributed by atoms with Crippen LogP contribution in [0.1, 0.15) is 57.9 Å². The van der Waals surface area contributed by atoms with E-state index in [1.54, 1.807) is 12.1 Å². The molecule has 1 rings (SSSR count). The van der Waals surface area contributed by atoms with E-state index in [-0.39, 0.29) is 37.4 Å². The van der Waals surface area contributed by atoms with Gasteiger partial charge in [0.1, 0.15) is 23.9 Å². The number of amides is 4. The first-order valence-corrected chi connectivity index (χ1v) is 13.0. The Kier molecular flexibility index (Phi) is 14.5. The van der Waals surface area contributed by atoms with Crippen LogP contribution >= 0.6 is 0 Å². The van der Waals surface area contributed by atoms with Crippen molar-refractivity contribution >= 4 is 29.6 Å². The zero-order valence-electron chi connectivity index (χ0n) is 22.5. The summed E-state index contributed by atoms with van der Waals surface area (Å²) in [5.74, 6) is -4.16. The van der Waals surface area contributed by atoms with E-state index >= 15 is 0 Å². The number of benzene rings is 1. The van der Waals surface area contributed by atoms with Crippen molar-refractivity contribution < 1.29 is 34.2 Å². The van der Waals surface area contributed by atoms with E-state index in [1.165, 1.54) is 12.1 Å². The Balaban J connectivity index is 3.15. The van der Waals surface area contributed by atoms with Gasteiger partial charge in [-0.15, -0.1) is 0 Å². The molecule has 0 fully saturated rings. The third kappa shape index (κ3) is 12.1. The topological polar surface area (TPSA) is 240 Å². The maximum absolute atomic E-state index is 13.4. The predicted molar refractivity (Wildman–Crippen MR) is 144 cm³/mol. The fraction of sp³-hybridized carbons (Fsp3) is 0.577. The summed E-state index contributed by atoms with van der Waals surface area (Å²) >= 11 is 0. The number of hydrogen-bond acceptors (Lipinski definition) is 8. The molecule has 1 aromatic rings. The molecule has 0 heterocycles. The van der Waals surface area contributed by atoms with Crippen LogP contribution in [0.25, 0.3) is 0 Å². The summed E-state index contributed by atoms with van der Waals surface area (Å²) in [4.78, 5) is 62.0. The number of phenolic OH excluding ortho intramolecular Hbond substituents is 1. The maximum atomic E-state index is 13.4. The summed E-state index contributed by atoms with van der Waals surface area (Å²) in [5.41, 5.74) is 17.3. The van der Waals surface area contributed by atoms with E-state index in [1.807, 2.05) is 13.8 Å². The van der Waals surface area contributed by atoms with Crippen LogP contribution in [0.4, 0.5) is 0 Å². The number of carboxylic acid groups (broad SMARTS) is 1. The van der Waals surface area contributed by atoms with Gasteiger partial charge in [-0.25, -0.2) is 4.79 Å². The Morgan fingerprint density at radius 2 is 1.44 bits per heavy atom. The lowest BCUT2D eigenvalue weighted by molar-refractivity contribution is -0.142. The van der Waals surface area contributed by atoms with Crippen LogP contribution in [-0.4, -0.2) is 70.5 Å². The number of phenols is 1. The summed E-state index contributed by atoms with van der Waals surface area (Å²) < 4.78 is 0. The molecule has 1 aromatic carbocycles. The SMILES string of the molecule is CCC(C)C(N)C(=O)NC(Cc1ccc(O)cc1)C(=O)NC(CCCCN)C(=O)NC(CCC(N)=O)C(=O)O. The summed E-state index contributed by atoms with van der Waals surface area (Å²) in [7, 11) is 0. The van der Waals surface area contributed by atoms with Gasteiger partial charge in [-0.3, -0.25) is 19.2 Å². The summed E-state index contributed by atoms with van der Waals surface area (Å²) in [6.45, 7) is 4.05. The van der Waals surface area contributed by atoms with Crippen molar-refractivity contribution in [2.75, 3.05) is 6.54 Å². The second-order valence-corrected chi connectivity index (χ2v) is 9.59. The Hall–Kier alpha value is -3.71. The second-order valence-electron chi connectivity index (χ2n) is 9.59. The third-order valence-electron chi connectivity index (χ3n) is 6.44.